The number of hydrogen-bond donors (Lipinski definition) is 1. The average Bonchev–Trinajstić information content (AvgIpc) is 2.49. The zero-order chi connectivity index (χ0) is 11.9. The van der Waals surface area contributed by atoms with E-state index in [-0.39, 0.29) is 6.10 Å². The van der Waals surface area contributed by atoms with Crippen LogP contribution in [0, 0.1) is 0 Å². The number of β-amino-alcohol motifs (C(OH)–C–C–N with tert-alkyl or cyclic N) is 1. The van der Waals surface area contributed by atoms with E-state index in [0.717, 1.165) is 6.54 Å². The Morgan fingerprint density at radius 2 is 2.18 bits per heavy atom. The summed E-state index contributed by atoms with van der Waals surface area (Å²) < 4.78 is 5.13. The Balaban J connectivity index is 1.73. The minimum Gasteiger partial charge on any atom is -0.459 e. The van der Waals surface area contributed by atoms with E-state index in [4.69, 9.17) is 4.74 Å². The molecule has 0 radical (unpaired) electrons. The molecule has 4 heteroatoms. The third-order valence-corrected chi connectivity index (χ3v) is 3.42. The minimum atomic E-state index is -1.28. The standard InChI is InChI=1S/C13H15NO3/c15-12-13(16)6-11(17-12)8-14(9-13)7-10-4-2-1-3-5-10/h1-5,11,16H,6-9H2. The molecule has 2 heterocycles. The highest BCUT2D eigenvalue weighted by Crippen LogP contribution is 2.32. The van der Waals surface area contributed by atoms with Gasteiger partial charge >= 0.3 is 5.97 Å². The molecule has 0 spiro atoms. The summed E-state index contributed by atoms with van der Waals surface area (Å²) >= 11 is 0. The number of benzene rings is 1. The van der Waals surface area contributed by atoms with Gasteiger partial charge in [0.05, 0.1) is 0 Å². The fourth-order valence-corrected chi connectivity index (χ4v) is 2.68. The highest BCUT2D eigenvalue weighted by atomic mass is 16.6. The lowest BCUT2D eigenvalue weighted by molar-refractivity contribution is -0.153. The van der Waals surface area contributed by atoms with Gasteiger partial charge in [0.2, 0.25) is 0 Å². The second kappa shape index (κ2) is 3.82. The molecule has 2 fully saturated rings. The number of esters is 1. The van der Waals surface area contributed by atoms with Gasteiger partial charge in [-0.3, -0.25) is 4.90 Å². The summed E-state index contributed by atoms with van der Waals surface area (Å²) in [5, 5.41) is 10.1. The molecule has 2 bridgehead atoms. The lowest BCUT2D eigenvalue weighted by atomic mass is 9.94. The zero-order valence-corrected chi connectivity index (χ0v) is 9.50. The lowest BCUT2D eigenvalue weighted by Gasteiger charge is -2.32. The van der Waals surface area contributed by atoms with Crippen LogP contribution < -0.4 is 0 Å². The van der Waals surface area contributed by atoms with Gasteiger partial charge in [-0.25, -0.2) is 4.79 Å². The van der Waals surface area contributed by atoms with Crippen LogP contribution in [0.1, 0.15) is 12.0 Å². The molecule has 1 N–H and O–H groups in total. The first-order valence-electron chi connectivity index (χ1n) is 5.85. The number of ether oxygens (including phenoxy) is 1. The zero-order valence-electron chi connectivity index (χ0n) is 9.50. The number of rotatable bonds is 2. The van der Waals surface area contributed by atoms with Crippen LogP contribution in [0.3, 0.4) is 0 Å². The molecule has 2 atom stereocenters. The van der Waals surface area contributed by atoms with Gasteiger partial charge in [0.1, 0.15) is 6.10 Å². The van der Waals surface area contributed by atoms with Gasteiger partial charge in [0, 0.05) is 26.1 Å². The summed E-state index contributed by atoms with van der Waals surface area (Å²) in [4.78, 5) is 13.6. The molecule has 17 heavy (non-hydrogen) atoms. The Morgan fingerprint density at radius 1 is 1.41 bits per heavy atom. The van der Waals surface area contributed by atoms with Crippen molar-refractivity contribution in [2.24, 2.45) is 0 Å². The first-order chi connectivity index (χ1) is 8.16. The van der Waals surface area contributed by atoms with Crippen molar-refractivity contribution < 1.29 is 14.6 Å². The summed E-state index contributed by atoms with van der Waals surface area (Å²) in [7, 11) is 0. The summed E-state index contributed by atoms with van der Waals surface area (Å²) in [6.07, 6.45) is 0.293. The average molecular weight is 233 g/mol. The molecule has 90 valence electrons. The van der Waals surface area contributed by atoms with Gasteiger partial charge in [-0.05, 0) is 5.56 Å². The highest BCUT2D eigenvalue weighted by molar-refractivity contribution is 5.82. The van der Waals surface area contributed by atoms with E-state index in [0.29, 0.717) is 19.5 Å². The molecule has 2 aliphatic heterocycles. The quantitative estimate of drug-likeness (QED) is 0.758. The van der Waals surface area contributed by atoms with Gasteiger partial charge < -0.3 is 9.84 Å². The van der Waals surface area contributed by atoms with Crippen molar-refractivity contribution in [3.63, 3.8) is 0 Å². The van der Waals surface area contributed by atoms with Crippen LogP contribution in [0.5, 0.6) is 0 Å². The largest absolute Gasteiger partial charge is 0.459 e. The van der Waals surface area contributed by atoms with Crippen molar-refractivity contribution in [2.75, 3.05) is 13.1 Å². The molecular formula is C13H15NO3. The van der Waals surface area contributed by atoms with Crippen LogP contribution in [0.4, 0.5) is 0 Å². The number of piperidine rings is 1. The number of carbonyl (C=O) groups excluding carboxylic acids is 1. The summed E-state index contributed by atoms with van der Waals surface area (Å²) in [6, 6.07) is 10.0. The molecule has 2 saturated heterocycles. The van der Waals surface area contributed by atoms with Crippen molar-refractivity contribution in [3.05, 3.63) is 35.9 Å². The van der Waals surface area contributed by atoms with E-state index in [1.54, 1.807) is 0 Å². The molecule has 0 amide bonds. The molecule has 2 unspecified atom stereocenters. The second-order valence-electron chi connectivity index (χ2n) is 4.92. The normalized spacial score (nSPS) is 32.5. The van der Waals surface area contributed by atoms with Crippen LogP contribution in [0.25, 0.3) is 0 Å². The summed E-state index contributed by atoms with van der Waals surface area (Å²) in [5.41, 5.74) is -0.0950. The lowest BCUT2D eigenvalue weighted by Crippen LogP contribution is -2.50. The van der Waals surface area contributed by atoms with Crippen LogP contribution in [0.2, 0.25) is 0 Å². The Morgan fingerprint density at radius 3 is 2.88 bits per heavy atom. The van der Waals surface area contributed by atoms with Crippen molar-refractivity contribution in [1.82, 2.24) is 4.90 Å². The van der Waals surface area contributed by atoms with Crippen molar-refractivity contribution in [3.8, 4) is 0 Å². The number of carbonyl (C=O) groups is 1. The van der Waals surface area contributed by atoms with E-state index in [2.05, 4.69) is 4.90 Å². The number of likely N-dealkylation sites (tertiary alicyclic amines) is 1. The van der Waals surface area contributed by atoms with E-state index >= 15 is 0 Å². The molecule has 1 aromatic rings. The maximum absolute atomic E-state index is 11.5. The van der Waals surface area contributed by atoms with Crippen molar-refractivity contribution in [1.29, 1.82) is 0 Å². The number of aliphatic hydroxyl groups is 1. The third-order valence-electron chi connectivity index (χ3n) is 3.42. The molecule has 0 aliphatic carbocycles. The second-order valence-corrected chi connectivity index (χ2v) is 4.92. The highest BCUT2D eigenvalue weighted by Gasteiger charge is 2.52. The summed E-state index contributed by atoms with van der Waals surface area (Å²) in [6.45, 7) is 1.83. The fourth-order valence-electron chi connectivity index (χ4n) is 2.68. The van der Waals surface area contributed by atoms with Gasteiger partial charge in [0.25, 0.3) is 0 Å². The van der Waals surface area contributed by atoms with Gasteiger partial charge in [0.15, 0.2) is 5.60 Å². The minimum absolute atomic E-state index is 0.148. The van der Waals surface area contributed by atoms with Crippen LogP contribution in [-0.4, -0.2) is 40.8 Å². The van der Waals surface area contributed by atoms with Gasteiger partial charge in [-0.1, -0.05) is 30.3 Å². The van der Waals surface area contributed by atoms with E-state index in [9.17, 15) is 9.90 Å². The van der Waals surface area contributed by atoms with Crippen LogP contribution >= 0.6 is 0 Å². The predicted molar refractivity (Wildman–Crippen MR) is 61.2 cm³/mol. The number of hydrogen-bond acceptors (Lipinski definition) is 4. The van der Waals surface area contributed by atoms with Crippen LogP contribution in [0.15, 0.2) is 30.3 Å². The summed E-state index contributed by atoms with van der Waals surface area (Å²) in [5.74, 6) is -0.460. The third kappa shape index (κ3) is 1.94. The first-order valence-corrected chi connectivity index (χ1v) is 5.85. The van der Waals surface area contributed by atoms with Gasteiger partial charge in [-0.15, -0.1) is 0 Å². The molecule has 0 saturated carbocycles. The molecule has 4 nitrogen and oxygen atoms in total. The predicted octanol–water partition coefficient (Wildman–Crippen LogP) is 0.549. The Labute approximate surface area is 99.8 Å². The van der Waals surface area contributed by atoms with E-state index in [1.165, 1.54) is 5.56 Å². The van der Waals surface area contributed by atoms with Crippen molar-refractivity contribution in [2.45, 2.75) is 24.7 Å². The topological polar surface area (TPSA) is 49.8 Å². The van der Waals surface area contributed by atoms with E-state index < -0.39 is 11.6 Å². The molecular weight excluding hydrogens is 218 g/mol. The SMILES string of the molecule is O=C1OC2CN(Cc3ccccc3)CC1(O)C2. The van der Waals surface area contributed by atoms with Gasteiger partial charge in [-0.2, -0.15) is 0 Å². The number of fused-ring (bicyclic) bond motifs is 2. The maximum Gasteiger partial charge on any atom is 0.339 e. The molecule has 2 aliphatic rings. The smallest absolute Gasteiger partial charge is 0.339 e. The van der Waals surface area contributed by atoms with Crippen LogP contribution in [-0.2, 0) is 16.1 Å². The Kier molecular flexibility index (Phi) is 2.42. The van der Waals surface area contributed by atoms with E-state index in [1.807, 2.05) is 30.3 Å². The molecule has 0 aromatic heterocycles. The fraction of sp³-hybridized carbons (Fsp3) is 0.462. The molecule has 3 rings (SSSR count). The molecule has 1 aromatic carbocycles. The van der Waals surface area contributed by atoms with Crippen molar-refractivity contribution >= 4 is 5.97 Å². The first kappa shape index (κ1) is 10.7. The number of nitrogens with zero attached hydrogens (tertiary/aromatic N) is 1. The Hall–Kier alpha value is -1.39. The monoisotopic (exact) mass is 233 g/mol. The Bertz CT molecular complexity index is 434. The maximum atomic E-state index is 11.5.